The third-order valence-corrected chi connectivity index (χ3v) is 2.77. The number of nitrogens with one attached hydrogen (secondary N) is 1. The molecule has 0 aliphatic rings. The number of aromatic nitrogens is 1. The van der Waals surface area contributed by atoms with Gasteiger partial charge in [-0.1, -0.05) is 30.1 Å². The van der Waals surface area contributed by atoms with Gasteiger partial charge >= 0.3 is 0 Å². The highest BCUT2D eigenvalue weighted by atomic mass is 35.5. The van der Waals surface area contributed by atoms with E-state index < -0.39 is 0 Å². The number of rotatable bonds is 5. The summed E-state index contributed by atoms with van der Waals surface area (Å²) in [6.45, 7) is 2.42. The lowest BCUT2D eigenvalue weighted by Crippen LogP contribution is -2.37. The van der Waals surface area contributed by atoms with E-state index >= 15 is 0 Å². The smallest absolute Gasteiger partial charge is 0.253 e. The zero-order valence-corrected chi connectivity index (χ0v) is 11.2. The number of halogens is 2. The van der Waals surface area contributed by atoms with Crippen LogP contribution in [0.25, 0.3) is 0 Å². The highest BCUT2D eigenvalue weighted by molar-refractivity contribution is 6.35. The number of carbonyl (C=O) groups is 1. The quantitative estimate of drug-likeness (QED) is 0.841. The lowest BCUT2D eigenvalue weighted by Gasteiger charge is -2.16. The maximum atomic E-state index is 11.9. The summed E-state index contributed by atoms with van der Waals surface area (Å²) in [6, 6.07) is 1.40. The van der Waals surface area contributed by atoms with Crippen molar-refractivity contribution in [2.75, 3.05) is 13.7 Å². The first kappa shape index (κ1) is 14.2. The Balaban J connectivity index is 2.78. The van der Waals surface area contributed by atoms with Crippen LogP contribution in [0.4, 0.5) is 0 Å². The number of carbonyl (C=O) groups excluding carboxylic acids is 1. The van der Waals surface area contributed by atoms with E-state index in [-0.39, 0.29) is 22.1 Å². The Morgan fingerprint density at radius 1 is 1.59 bits per heavy atom. The van der Waals surface area contributed by atoms with Gasteiger partial charge in [0.1, 0.15) is 5.15 Å². The van der Waals surface area contributed by atoms with Crippen molar-refractivity contribution in [3.8, 4) is 0 Å². The fourth-order valence-electron chi connectivity index (χ4n) is 1.31. The molecule has 1 N–H and O–H groups in total. The fraction of sp³-hybridized carbons (Fsp3) is 0.455. The number of ether oxygens (including phenoxy) is 1. The van der Waals surface area contributed by atoms with Crippen LogP contribution in [-0.4, -0.2) is 30.6 Å². The Kier molecular flexibility index (Phi) is 5.68. The summed E-state index contributed by atoms with van der Waals surface area (Å²) in [5.74, 6) is -0.275. The van der Waals surface area contributed by atoms with Crippen molar-refractivity contribution >= 4 is 29.1 Å². The standard InChI is InChI=1S/C11H14Cl2N2O2/c1-3-7(6-17-2)15-11(16)8-4-10(13)14-5-9(8)12/h4-5,7H,3,6H2,1-2H3,(H,15,16). The Labute approximate surface area is 110 Å². The molecule has 1 heterocycles. The van der Waals surface area contributed by atoms with Crippen molar-refractivity contribution in [3.05, 3.63) is 28.0 Å². The molecule has 0 spiro atoms. The predicted molar refractivity (Wildman–Crippen MR) is 67.7 cm³/mol. The fourth-order valence-corrected chi connectivity index (χ4v) is 1.66. The van der Waals surface area contributed by atoms with Crippen LogP contribution in [0.5, 0.6) is 0 Å². The molecule has 0 aliphatic carbocycles. The maximum absolute atomic E-state index is 11.9. The van der Waals surface area contributed by atoms with Crippen LogP contribution in [0, 0.1) is 0 Å². The summed E-state index contributed by atoms with van der Waals surface area (Å²) in [5, 5.41) is 3.33. The summed E-state index contributed by atoms with van der Waals surface area (Å²) in [5.41, 5.74) is 0.321. The van der Waals surface area contributed by atoms with E-state index in [0.717, 1.165) is 6.42 Å². The molecule has 0 aliphatic heterocycles. The maximum Gasteiger partial charge on any atom is 0.253 e. The summed E-state index contributed by atoms with van der Waals surface area (Å²) in [6.07, 6.45) is 2.13. The number of hydrogen-bond acceptors (Lipinski definition) is 3. The van der Waals surface area contributed by atoms with Gasteiger partial charge in [0.25, 0.3) is 5.91 Å². The molecule has 1 unspecified atom stereocenters. The average Bonchev–Trinajstić information content (AvgIpc) is 2.31. The molecular weight excluding hydrogens is 263 g/mol. The molecule has 0 radical (unpaired) electrons. The van der Waals surface area contributed by atoms with Gasteiger partial charge < -0.3 is 10.1 Å². The van der Waals surface area contributed by atoms with Crippen LogP contribution in [-0.2, 0) is 4.74 Å². The van der Waals surface area contributed by atoms with Gasteiger partial charge in [-0.15, -0.1) is 0 Å². The molecule has 1 rings (SSSR count). The summed E-state index contributed by atoms with van der Waals surface area (Å²) >= 11 is 11.6. The molecule has 1 amide bonds. The average molecular weight is 277 g/mol. The van der Waals surface area contributed by atoms with E-state index in [2.05, 4.69) is 10.3 Å². The van der Waals surface area contributed by atoms with Crippen LogP contribution in [0.3, 0.4) is 0 Å². The number of pyridine rings is 1. The van der Waals surface area contributed by atoms with E-state index in [9.17, 15) is 4.79 Å². The van der Waals surface area contributed by atoms with Crippen molar-refractivity contribution < 1.29 is 9.53 Å². The molecule has 0 bridgehead atoms. The zero-order valence-electron chi connectivity index (χ0n) is 9.67. The molecule has 94 valence electrons. The second-order valence-corrected chi connectivity index (χ2v) is 4.32. The SMILES string of the molecule is CCC(COC)NC(=O)c1cc(Cl)ncc1Cl. The van der Waals surface area contributed by atoms with Crippen LogP contribution >= 0.6 is 23.2 Å². The van der Waals surface area contributed by atoms with Crippen molar-refractivity contribution in [1.29, 1.82) is 0 Å². The van der Waals surface area contributed by atoms with Crippen LogP contribution in [0.1, 0.15) is 23.7 Å². The Morgan fingerprint density at radius 2 is 2.29 bits per heavy atom. The summed E-state index contributed by atoms with van der Waals surface area (Å²) in [4.78, 5) is 15.7. The van der Waals surface area contributed by atoms with Gasteiger partial charge in [0, 0.05) is 13.3 Å². The van der Waals surface area contributed by atoms with Gasteiger partial charge in [-0.2, -0.15) is 0 Å². The molecule has 1 aromatic heterocycles. The van der Waals surface area contributed by atoms with Crippen LogP contribution in [0.15, 0.2) is 12.3 Å². The van der Waals surface area contributed by atoms with E-state index in [1.165, 1.54) is 12.3 Å². The van der Waals surface area contributed by atoms with Crippen molar-refractivity contribution in [2.24, 2.45) is 0 Å². The molecule has 0 saturated heterocycles. The van der Waals surface area contributed by atoms with Gasteiger partial charge in [0.15, 0.2) is 0 Å². The van der Waals surface area contributed by atoms with Crippen molar-refractivity contribution in [1.82, 2.24) is 10.3 Å². The lowest BCUT2D eigenvalue weighted by atomic mass is 10.2. The molecular formula is C11H14Cl2N2O2. The molecule has 6 heteroatoms. The lowest BCUT2D eigenvalue weighted by molar-refractivity contribution is 0.0894. The first-order valence-electron chi connectivity index (χ1n) is 5.19. The number of methoxy groups -OCH3 is 1. The molecule has 17 heavy (non-hydrogen) atoms. The van der Waals surface area contributed by atoms with Crippen molar-refractivity contribution in [2.45, 2.75) is 19.4 Å². The van der Waals surface area contributed by atoms with Crippen LogP contribution in [0.2, 0.25) is 10.2 Å². The molecule has 1 aromatic rings. The van der Waals surface area contributed by atoms with Gasteiger partial charge in [0.2, 0.25) is 0 Å². The second-order valence-electron chi connectivity index (χ2n) is 3.52. The third kappa shape index (κ3) is 4.15. The van der Waals surface area contributed by atoms with Gasteiger partial charge in [-0.05, 0) is 12.5 Å². The minimum absolute atomic E-state index is 0.0458. The monoisotopic (exact) mass is 276 g/mol. The van der Waals surface area contributed by atoms with Crippen molar-refractivity contribution in [3.63, 3.8) is 0 Å². The highest BCUT2D eigenvalue weighted by Gasteiger charge is 2.15. The predicted octanol–water partition coefficient (Wildman–Crippen LogP) is 2.54. The van der Waals surface area contributed by atoms with Gasteiger partial charge in [-0.25, -0.2) is 4.98 Å². The molecule has 0 aromatic carbocycles. The molecule has 1 atom stereocenters. The number of nitrogens with zero attached hydrogens (tertiary/aromatic N) is 1. The minimum atomic E-state index is -0.275. The molecule has 0 saturated carbocycles. The summed E-state index contributed by atoms with van der Waals surface area (Å²) < 4.78 is 5.00. The summed E-state index contributed by atoms with van der Waals surface area (Å²) in [7, 11) is 1.59. The first-order chi connectivity index (χ1) is 8.08. The van der Waals surface area contributed by atoms with E-state index in [4.69, 9.17) is 27.9 Å². The van der Waals surface area contributed by atoms with E-state index in [1.54, 1.807) is 7.11 Å². The number of hydrogen-bond donors (Lipinski definition) is 1. The number of amides is 1. The molecule has 4 nitrogen and oxygen atoms in total. The Morgan fingerprint density at radius 3 is 2.88 bits per heavy atom. The second kappa shape index (κ2) is 6.79. The zero-order chi connectivity index (χ0) is 12.8. The third-order valence-electron chi connectivity index (χ3n) is 2.26. The largest absolute Gasteiger partial charge is 0.383 e. The normalized spacial score (nSPS) is 12.2. The van der Waals surface area contributed by atoms with Gasteiger partial charge in [-0.3, -0.25) is 4.79 Å². The topological polar surface area (TPSA) is 51.2 Å². The Hall–Kier alpha value is -0.840. The van der Waals surface area contributed by atoms with Crippen LogP contribution < -0.4 is 5.32 Å². The minimum Gasteiger partial charge on any atom is -0.383 e. The van der Waals surface area contributed by atoms with Gasteiger partial charge in [0.05, 0.1) is 23.2 Å². The Bertz CT molecular complexity index is 399. The first-order valence-corrected chi connectivity index (χ1v) is 5.95. The van der Waals surface area contributed by atoms with E-state index in [1.807, 2.05) is 6.92 Å². The molecule has 0 fully saturated rings. The van der Waals surface area contributed by atoms with E-state index in [0.29, 0.717) is 12.2 Å². The highest BCUT2D eigenvalue weighted by Crippen LogP contribution is 2.18.